The van der Waals surface area contributed by atoms with Crippen molar-refractivity contribution in [1.29, 1.82) is 0 Å². The molecule has 1 N–H and O–H groups in total. The molecule has 3 aromatic rings. The molecule has 6 heteroatoms. The van der Waals surface area contributed by atoms with Gasteiger partial charge in [0.2, 0.25) is 0 Å². The maximum atomic E-state index is 13.4. The molecule has 1 atom stereocenters. The number of morpholine rings is 1. The predicted molar refractivity (Wildman–Crippen MR) is 120 cm³/mol. The van der Waals surface area contributed by atoms with Gasteiger partial charge in [-0.1, -0.05) is 60.2 Å². The van der Waals surface area contributed by atoms with Crippen LogP contribution in [0.5, 0.6) is 0 Å². The van der Waals surface area contributed by atoms with Crippen molar-refractivity contribution >= 4 is 5.91 Å². The number of nitrogens with zero attached hydrogens (tertiary/aromatic N) is 3. The zero-order valence-corrected chi connectivity index (χ0v) is 17.9. The van der Waals surface area contributed by atoms with Crippen LogP contribution in [0.1, 0.15) is 39.6 Å². The van der Waals surface area contributed by atoms with E-state index in [0.717, 1.165) is 61.7 Å². The molecule has 6 nitrogen and oxygen atoms in total. The number of aromatic amines is 1. The van der Waals surface area contributed by atoms with Crippen molar-refractivity contribution in [2.24, 2.45) is 0 Å². The second-order valence-electron chi connectivity index (χ2n) is 8.35. The lowest BCUT2D eigenvalue weighted by Gasteiger charge is -2.29. The number of nitrogens with one attached hydrogen (secondary N) is 1. The molecule has 1 saturated heterocycles. The van der Waals surface area contributed by atoms with Crippen molar-refractivity contribution < 1.29 is 9.53 Å². The van der Waals surface area contributed by atoms with Gasteiger partial charge in [-0.15, -0.1) is 0 Å². The third-order valence-electron chi connectivity index (χ3n) is 6.28. The minimum absolute atomic E-state index is 0.0391. The summed E-state index contributed by atoms with van der Waals surface area (Å²) in [7, 11) is 0. The third kappa shape index (κ3) is 3.89. The highest BCUT2D eigenvalue weighted by molar-refractivity contribution is 6.00. The van der Waals surface area contributed by atoms with E-state index in [1.807, 2.05) is 35.2 Å². The van der Waals surface area contributed by atoms with Gasteiger partial charge < -0.3 is 9.64 Å². The molecule has 1 amide bonds. The first kappa shape index (κ1) is 20.0. The lowest BCUT2D eigenvalue weighted by molar-refractivity contribution is 0.0354. The van der Waals surface area contributed by atoms with Crippen LogP contribution in [-0.2, 0) is 4.74 Å². The van der Waals surface area contributed by atoms with E-state index in [1.165, 1.54) is 5.56 Å². The molecule has 2 aromatic carbocycles. The Morgan fingerprint density at radius 1 is 1.03 bits per heavy atom. The monoisotopic (exact) mass is 416 g/mol. The van der Waals surface area contributed by atoms with Gasteiger partial charge in [0, 0.05) is 37.3 Å². The highest BCUT2D eigenvalue weighted by Crippen LogP contribution is 2.42. The van der Waals surface area contributed by atoms with Gasteiger partial charge in [0.15, 0.2) is 0 Å². The van der Waals surface area contributed by atoms with Crippen molar-refractivity contribution in [1.82, 2.24) is 20.0 Å². The summed E-state index contributed by atoms with van der Waals surface area (Å²) in [5, 5.41) is 7.59. The third-order valence-corrected chi connectivity index (χ3v) is 6.28. The largest absolute Gasteiger partial charge is 0.379 e. The molecule has 1 unspecified atom stereocenters. The standard InChI is InChI=1S/C25H28N4O2/c1-18-8-10-20(11-9-18)24-21-22(19-6-3-2-4-7-19)26-27-23(21)25(30)29(24)13-5-12-28-14-16-31-17-15-28/h2-4,6-11,24H,5,12-17H2,1H3,(H,26,27). The first-order valence-electron chi connectivity index (χ1n) is 11.0. The highest BCUT2D eigenvalue weighted by atomic mass is 16.5. The number of carbonyl (C=O) groups is 1. The number of H-pyrrole nitrogens is 1. The van der Waals surface area contributed by atoms with E-state index in [1.54, 1.807) is 0 Å². The summed E-state index contributed by atoms with van der Waals surface area (Å²) >= 11 is 0. The quantitative estimate of drug-likeness (QED) is 0.666. The molecule has 0 bridgehead atoms. The van der Waals surface area contributed by atoms with Gasteiger partial charge in [0.05, 0.1) is 24.9 Å². The molecular weight excluding hydrogens is 388 g/mol. The summed E-state index contributed by atoms with van der Waals surface area (Å²) in [6.07, 6.45) is 0.937. The summed E-state index contributed by atoms with van der Waals surface area (Å²) < 4.78 is 5.45. The summed E-state index contributed by atoms with van der Waals surface area (Å²) in [4.78, 5) is 17.8. The number of aryl methyl sites for hydroxylation is 1. The number of amides is 1. The Bertz CT molecular complexity index is 1040. The number of benzene rings is 2. The van der Waals surface area contributed by atoms with Crippen molar-refractivity contribution in [2.75, 3.05) is 39.4 Å². The Morgan fingerprint density at radius 2 is 1.77 bits per heavy atom. The maximum Gasteiger partial charge on any atom is 0.273 e. The van der Waals surface area contributed by atoms with Gasteiger partial charge in [-0.25, -0.2) is 0 Å². The lowest BCUT2D eigenvalue weighted by atomic mass is 9.95. The fraction of sp³-hybridized carbons (Fsp3) is 0.360. The van der Waals surface area contributed by atoms with Crippen molar-refractivity contribution in [3.8, 4) is 11.3 Å². The van der Waals surface area contributed by atoms with Gasteiger partial charge in [-0.2, -0.15) is 5.10 Å². The molecule has 1 aromatic heterocycles. The van der Waals surface area contributed by atoms with Crippen LogP contribution in [0, 0.1) is 6.92 Å². The molecule has 5 rings (SSSR count). The maximum absolute atomic E-state index is 13.4. The first-order valence-corrected chi connectivity index (χ1v) is 11.0. The predicted octanol–water partition coefficient (Wildman–Crippen LogP) is 3.65. The number of aromatic nitrogens is 2. The van der Waals surface area contributed by atoms with E-state index in [4.69, 9.17) is 4.74 Å². The van der Waals surface area contributed by atoms with Crippen LogP contribution >= 0.6 is 0 Å². The minimum atomic E-state index is -0.123. The van der Waals surface area contributed by atoms with Gasteiger partial charge in [0.25, 0.3) is 5.91 Å². The Labute approximate surface area is 182 Å². The van der Waals surface area contributed by atoms with E-state index < -0.39 is 0 Å². The van der Waals surface area contributed by atoms with Gasteiger partial charge >= 0.3 is 0 Å². The molecular formula is C25H28N4O2. The van der Waals surface area contributed by atoms with Crippen molar-refractivity contribution in [2.45, 2.75) is 19.4 Å². The number of fused-ring (bicyclic) bond motifs is 1. The molecule has 2 aliphatic heterocycles. The van der Waals surface area contributed by atoms with E-state index in [2.05, 4.69) is 46.3 Å². The fourth-order valence-corrected chi connectivity index (χ4v) is 4.63. The Morgan fingerprint density at radius 3 is 2.52 bits per heavy atom. The highest BCUT2D eigenvalue weighted by Gasteiger charge is 2.41. The van der Waals surface area contributed by atoms with E-state index in [0.29, 0.717) is 12.2 Å². The summed E-state index contributed by atoms with van der Waals surface area (Å²) in [5.74, 6) is 0.0391. The van der Waals surface area contributed by atoms with Crippen LogP contribution in [0.3, 0.4) is 0 Å². The SMILES string of the molecule is Cc1ccc(C2c3c(-c4ccccc4)n[nH]c3C(=O)N2CCCN2CCOCC2)cc1. The van der Waals surface area contributed by atoms with Crippen LogP contribution < -0.4 is 0 Å². The number of hydrogen-bond acceptors (Lipinski definition) is 4. The molecule has 31 heavy (non-hydrogen) atoms. The molecule has 2 aliphatic rings. The summed E-state index contributed by atoms with van der Waals surface area (Å²) in [6.45, 7) is 7.31. The summed E-state index contributed by atoms with van der Waals surface area (Å²) in [6, 6.07) is 18.5. The normalized spacial score (nSPS) is 19.1. The molecule has 0 saturated carbocycles. The minimum Gasteiger partial charge on any atom is -0.379 e. The van der Waals surface area contributed by atoms with Gasteiger partial charge in [-0.05, 0) is 18.9 Å². The Balaban J connectivity index is 1.46. The molecule has 160 valence electrons. The summed E-state index contributed by atoms with van der Waals surface area (Å²) in [5.41, 5.74) is 5.85. The zero-order chi connectivity index (χ0) is 21.2. The van der Waals surface area contributed by atoms with Crippen molar-refractivity contribution in [3.05, 3.63) is 77.0 Å². The first-order chi connectivity index (χ1) is 15.2. The van der Waals surface area contributed by atoms with E-state index in [-0.39, 0.29) is 11.9 Å². The zero-order valence-electron chi connectivity index (χ0n) is 17.9. The number of hydrogen-bond donors (Lipinski definition) is 1. The fourth-order valence-electron chi connectivity index (χ4n) is 4.63. The molecule has 0 aliphatic carbocycles. The van der Waals surface area contributed by atoms with Crippen LogP contribution in [-0.4, -0.2) is 65.3 Å². The van der Waals surface area contributed by atoms with Gasteiger partial charge in [0.1, 0.15) is 5.69 Å². The van der Waals surface area contributed by atoms with Crippen LogP contribution in [0.4, 0.5) is 0 Å². The lowest BCUT2D eigenvalue weighted by Crippen LogP contribution is -2.38. The van der Waals surface area contributed by atoms with Crippen LogP contribution in [0.15, 0.2) is 54.6 Å². The molecule has 3 heterocycles. The Kier molecular flexibility index (Phi) is 5.57. The molecule has 1 fully saturated rings. The van der Waals surface area contributed by atoms with Crippen molar-refractivity contribution in [3.63, 3.8) is 0 Å². The van der Waals surface area contributed by atoms with E-state index >= 15 is 0 Å². The Hall–Kier alpha value is -2.96. The van der Waals surface area contributed by atoms with Crippen LogP contribution in [0.25, 0.3) is 11.3 Å². The molecule has 0 radical (unpaired) electrons. The topological polar surface area (TPSA) is 61.5 Å². The number of rotatable bonds is 6. The van der Waals surface area contributed by atoms with Gasteiger partial charge in [-0.3, -0.25) is 14.8 Å². The average molecular weight is 417 g/mol. The van der Waals surface area contributed by atoms with Crippen LogP contribution in [0.2, 0.25) is 0 Å². The average Bonchev–Trinajstić information content (AvgIpc) is 3.35. The smallest absolute Gasteiger partial charge is 0.273 e. The number of ether oxygens (including phenoxy) is 1. The number of carbonyl (C=O) groups excluding carboxylic acids is 1. The van der Waals surface area contributed by atoms with E-state index in [9.17, 15) is 4.79 Å². The second-order valence-corrected chi connectivity index (χ2v) is 8.35. The molecule has 0 spiro atoms. The second kappa shape index (κ2) is 8.65.